The normalized spacial score (nSPS) is 14.6. The maximum absolute atomic E-state index is 12.2. The van der Waals surface area contributed by atoms with Gasteiger partial charge in [0.25, 0.3) is 5.91 Å². The van der Waals surface area contributed by atoms with E-state index in [1.54, 1.807) is 25.1 Å². The Kier molecular flexibility index (Phi) is 4.98. The van der Waals surface area contributed by atoms with E-state index in [0.717, 1.165) is 0 Å². The Hall–Kier alpha value is -3.17. The smallest absolute Gasteiger partial charge is 0.338 e. The standard InChI is InChI=1S/C18H17N3O5S/c1-2-26-18(23)11-3-8-16-14(9-11)15(17(22)21-16)10-20-12-4-6-13(7-5-12)27(19,24)25/h3-10,20H,2H2,1H3,(H,21,22)(H2,19,24,25). The Labute approximate surface area is 156 Å². The summed E-state index contributed by atoms with van der Waals surface area (Å²) in [5.74, 6) is -0.787. The van der Waals surface area contributed by atoms with Crippen molar-refractivity contribution in [1.29, 1.82) is 0 Å². The second-order valence-electron chi connectivity index (χ2n) is 5.71. The number of amides is 1. The summed E-state index contributed by atoms with van der Waals surface area (Å²) in [5, 5.41) is 10.7. The molecule has 27 heavy (non-hydrogen) atoms. The minimum Gasteiger partial charge on any atom is -0.462 e. The van der Waals surface area contributed by atoms with Crippen molar-refractivity contribution in [2.24, 2.45) is 5.14 Å². The Morgan fingerprint density at radius 1 is 1.22 bits per heavy atom. The number of esters is 1. The van der Waals surface area contributed by atoms with Gasteiger partial charge in [0.05, 0.1) is 22.6 Å². The van der Waals surface area contributed by atoms with E-state index in [2.05, 4.69) is 10.6 Å². The molecule has 0 spiro atoms. The van der Waals surface area contributed by atoms with Crippen molar-refractivity contribution < 1.29 is 22.7 Å². The van der Waals surface area contributed by atoms with Gasteiger partial charge in [-0.3, -0.25) is 4.79 Å². The third kappa shape index (κ3) is 3.99. The van der Waals surface area contributed by atoms with Crippen molar-refractivity contribution in [3.8, 4) is 0 Å². The molecule has 3 rings (SSSR count). The molecule has 9 heteroatoms. The first-order valence-corrected chi connectivity index (χ1v) is 9.56. The number of fused-ring (bicyclic) bond motifs is 1. The topological polar surface area (TPSA) is 128 Å². The van der Waals surface area contributed by atoms with Gasteiger partial charge >= 0.3 is 5.97 Å². The zero-order valence-corrected chi connectivity index (χ0v) is 15.2. The second-order valence-corrected chi connectivity index (χ2v) is 7.27. The van der Waals surface area contributed by atoms with Gasteiger partial charge in [0.1, 0.15) is 0 Å². The molecule has 0 fully saturated rings. The first kappa shape index (κ1) is 18.6. The number of benzene rings is 2. The molecule has 0 atom stereocenters. The number of anilines is 2. The van der Waals surface area contributed by atoms with Crippen molar-refractivity contribution in [3.05, 3.63) is 59.8 Å². The Balaban J connectivity index is 1.86. The highest BCUT2D eigenvalue weighted by Crippen LogP contribution is 2.32. The molecule has 1 aliphatic rings. The van der Waals surface area contributed by atoms with E-state index in [-0.39, 0.29) is 17.4 Å². The second kappa shape index (κ2) is 7.22. The number of rotatable bonds is 5. The highest BCUT2D eigenvalue weighted by molar-refractivity contribution is 7.89. The van der Waals surface area contributed by atoms with E-state index < -0.39 is 16.0 Å². The average Bonchev–Trinajstić information content (AvgIpc) is 2.94. The van der Waals surface area contributed by atoms with Crippen LogP contribution in [0.2, 0.25) is 0 Å². The van der Waals surface area contributed by atoms with Crippen LogP contribution in [0, 0.1) is 0 Å². The van der Waals surface area contributed by atoms with Crippen LogP contribution in [0.5, 0.6) is 0 Å². The summed E-state index contributed by atoms with van der Waals surface area (Å²) in [4.78, 5) is 24.1. The lowest BCUT2D eigenvalue weighted by Gasteiger charge is -2.06. The summed E-state index contributed by atoms with van der Waals surface area (Å²) in [6.45, 7) is 1.97. The van der Waals surface area contributed by atoms with Crippen LogP contribution < -0.4 is 15.8 Å². The number of nitrogens with one attached hydrogen (secondary N) is 2. The summed E-state index contributed by atoms with van der Waals surface area (Å²) in [7, 11) is -3.77. The van der Waals surface area contributed by atoms with Gasteiger partial charge < -0.3 is 15.4 Å². The summed E-state index contributed by atoms with van der Waals surface area (Å²) in [6, 6.07) is 10.6. The number of sulfonamides is 1. The van der Waals surface area contributed by atoms with Crippen LogP contribution in [-0.2, 0) is 19.6 Å². The van der Waals surface area contributed by atoms with Crippen LogP contribution in [0.25, 0.3) is 5.57 Å². The predicted molar refractivity (Wildman–Crippen MR) is 100 cm³/mol. The predicted octanol–water partition coefficient (Wildman–Crippen LogP) is 1.92. The van der Waals surface area contributed by atoms with Crippen molar-refractivity contribution in [1.82, 2.24) is 0 Å². The van der Waals surface area contributed by atoms with Crippen molar-refractivity contribution in [2.75, 3.05) is 17.2 Å². The molecule has 0 aromatic heterocycles. The summed E-state index contributed by atoms with van der Waals surface area (Å²) < 4.78 is 27.5. The SMILES string of the molecule is CCOC(=O)c1ccc2c(c1)C(=CNc1ccc(S(N)(=O)=O)cc1)C(=O)N2. The van der Waals surface area contributed by atoms with E-state index >= 15 is 0 Å². The maximum Gasteiger partial charge on any atom is 0.338 e. The zero-order valence-electron chi connectivity index (χ0n) is 14.4. The van der Waals surface area contributed by atoms with Crippen molar-refractivity contribution in [2.45, 2.75) is 11.8 Å². The highest BCUT2D eigenvalue weighted by Gasteiger charge is 2.25. The monoisotopic (exact) mass is 387 g/mol. The third-order valence-corrected chi connectivity index (χ3v) is 4.81. The lowest BCUT2D eigenvalue weighted by Crippen LogP contribution is -2.11. The minimum absolute atomic E-state index is 0.0104. The average molecular weight is 387 g/mol. The minimum atomic E-state index is -3.77. The number of primary sulfonamides is 1. The van der Waals surface area contributed by atoms with Crippen molar-refractivity contribution >= 4 is 38.8 Å². The number of hydrogen-bond acceptors (Lipinski definition) is 6. The van der Waals surface area contributed by atoms with Gasteiger partial charge in [-0.1, -0.05) is 0 Å². The van der Waals surface area contributed by atoms with E-state index in [1.807, 2.05) is 0 Å². The lowest BCUT2D eigenvalue weighted by molar-refractivity contribution is -0.110. The van der Waals surface area contributed by atoms with Gasteiger partial charge in [-0.2, -0.15) is 0 Å². The van der Waals surface area contributed by atoms with Gasteiger partial charge in [0.2, 0.25) is 10.0 Å². The summed E-state index contributed by atoms with van der Waals surface area (Å²) in [5.41, 5.74) is 2.41. The maximum atomic E-state index is 12.2. The van der Waals surface area contributed by atoms with E-state index in [1.165, 1.54) is 30.5 Å². The Bertz CT molecular complexity index is 1040. The lowest BCUT2D eigenvalue weighted by atomic mass is 10.0. The molecule has 2 aromatic rings. The van der Waals surface area contributed by atoms with Crippen LogP contribution in [0.15, 0.2) is 53.6 Å². The van der Waals surface area contributed by atoms with Gasteiger partial charge in [-0.05, 0) is 49.4 Å². The molecule has 4 N–H and O–H groups in total. The molecule has 1 heterocycles. The molecule has 2 aromatic carbocycles. The number of carbonyl (C=O) groups excluding carboxylic acids is 2. The van der Waals surface area contributed by atoms with E-state index in [4.69, 9.17) is 9.88 Å². The molecule has 0 radical (unpaired) electrons. The molecular weight excluding hydrogens is 370 g/mol. The van der Waals surface area contributed by atoms with Gasteiger partial charge in [-0.15, -0.1) is 0 Å². The zero-order chi connectivity index (χ0) is 19.6. The van der Waals surface area contributed by atoms with Gasteiger partial charge in [0.15, 0.2) is 0 Å². The number of ether oxygens (including phenoxy) is 1. The van der Waals surface area contributed by atoms with Crippen molar-refractivity contribution in [3.63, 3.8) is 0 Å². The van der Waals surface area contributed by atoms with Crippen LogP contribution in [0.1, 0.15) is 22.8 Å². The van der Waals surface area contributed by atoms with Crippen LogP contribution >= 0.6 is 0 Å². The molecular formula is C18H17N3O5S. The molecule has 0 unspecified atom stereocenters. The molecule has 1 amide bonds. The molecule has 1 aliphatic heterocycles. The number of carbonyl (C=O) groups is 2. The quantitative estimate of drug-likeness (QED) is 0.531. The largest absolute Gasteiger partial charge is 0.462 e. The Morgan fingerprint density at radius 2 is 1.93 bits per heavy atom. The van der Waals surface area contributed by atoms with Crippen LogP contribution in [-0.4, -0.2) is 26.9 Å². The third-order valence-electron chi connectivity index (χ3n) is 3.88. The molecule has 0 bridgehead atoms. The first-order valence-electron chi connectivity index (χ1n) is 8.02. The van der Waals surface area contributed by atoms with E-state index in [0.29, 0.717) is 28.1 Å². The summed E-state index contributed by atoms with van der Waals surface area (Å²) in [6.07, 6.45) is 1.49. The van der Waals surface area contributed by atoms with Crippen LogP contribution in [0.3, 0.4) is 0 Å². The fourth-order valence-electron chi connectivity index (χ4n) is 2.57. The van der Waals surface area contributed by atoms with Crippen LogP contribution in [0.4, 0.5) is 11.4 Å². The van der Waals surface area contributed by atoms with E-state index in [9.17, 15) is 18.0 Å². The summed E-state index contributed by atoms with van der Waals surface area (Å²) >= 11 is 0. The molecule has 0 saturated carbocycles. The molecule has 0 aliphatic carbocycles. The molecule has 8 nitrogen and oxygen atoms in total. The number of hydrogen-bond donors (Lipinski definition) is 3. The number of nitrogens with two attached hydrogens (primary N) is 1. The Morgan fingerprint density at radius 3 is 2.56 bits per heavy atom. The van der Waals surface area contributed by atoms with Gasteiger partial charge in [-0.25, -0.2) is 18.4 Å². The molecule has 0 saturated heterocycles. The fraction of sp³-hybridized carbons (Fsp3) is 0.111. The molecule has 140 valence electrons. The first-order chi connectivity index (χ1) is 12.8. The fourth-order valence-corrected chi connectivity index (χ4v) is 3.08. The van der Waals surface area contributed by atoms with Gasteiger partial charge in [0, 0.05) is 23.1 Å². The highest BCUT2D eigenvalue weighted by atomic mass is 32.2.